The van der Waals surface area contributed by atoms with Gasteiger partial charge in [0.2, 0.25) is 10.0 Å². The van der Waals surface area contributed by atoms with Crippen LogP contribution in [0, 0.1) is 6.92 Å². The summed E-state index contributed by atoms with van der Waals surface area (Å²) in [5, 5.41) is 0. The highest BCUT2D eigenvalue weighted by Crippen LogP contribution is 2.34. The summed E-state index contributed by atoms with van der Waals surface area (Å²) in [6.07, 6.45) is 1.69. The number of amides is 1. The number of para-hydroxylation sites is 1. The first-order valence-corrected chi connectivity index (χ1v) is 11.6. The maximum absolute atomic E-state index is 13.1. The van der Waals surface area contributed by atoms with E-state index in [-0.39, 0.29) is 22.3 Å². The molecule has 8 nitrogen and oxygen atoms in total. The molecule has 2 aliphatic heterocycles. The van der Waals surface area contributed by atoms with Gasteiger partial charge in [-0.25, -0.2) is 8.42 Å². The second-order valence-corrected chi connectivity index (χ2v) is 9.31. The summed E-state index contributed by atoms with van der Waals surface area (Å²) < 4.78 is 44.2. The Morgan fingerprint density at radius 1 is 1.17 bits per heavy atom. The molecule has 1 saturated heterocycles. The van der Waals surface area contributed by atoms with Crippen LogP contribution in [-0.2, 0) is 16.6 Å². The first kappa shape index (κ1) is 20.7. The number of carbonyl (C=O) groups is 1. The number of fused-ring (bicyclic) bond motifs is 1. The normalized spacial score (nSPS) is 16.6. The highest BCUT2D eigenvalue weighted by atomic mass is 32.2. The van der Waals surface area contributed by atoms with Gasteiger partial charge < -0.3 is 18.8 Å². The van der Waals surface area contributed by atoms with Gasteiger partial charge in [-0.2, -0.15) is 4.31 Å². The Balaban J connectivity index is 1.58. The van der Waals surface area contributed by atoms with Crippen LogP contribution < -0.4 is 9.47 Å². The van der Waals surface area contributed by atoms with Crippen LogP contribution in [0.3, 0.4) is 0 Å². The third kappa shape index (κ3) is 3.79. The maximum Gasteiger partial charge on any atom is 0.289 e. The fourth-order valence-corrected chi connectivity index (χ4v) is 5.52. The summed E-state index contributed by atoms with van der Waals surface area (Å²) in [6.45, 7) is 6.12. The van der Waals surface area contributed by atoms with E-state index in [0.29, 0.717) is 50.9 Å². The van der Waals surface area contributed by atoms with Gasteiger partial charge >= 0.3 is 0 Å². The number of furan rings is 1. The molecule has 1 aromatic carbocycles. The smallest absolute Gasteiger partial charge is 0.289 e. The zero-order valence-electron chi connectivity index (χ0n) is 17.2. The van der Waals surface area contributed by atoms with E-state index in [4.69, 9.17) is 13.9 Å². The van der Waals surface area contributed by atoms with Gasteiger partial charge in [-0.05, 0) is 32.8 Å². The molecule has 0 atom stereocenters. The van der Waals surface area contributed by atoms with Crippen molar-refractivity contribution in [1.82, 2.24) is 9.21 Å². The van der Waals surface area contributed by atoms with E-state index in [1.807, 2.05) is 25.1 Å². The third-order valence-electron chi connectivity index (χ3n) is 5.44. The van der Waals surface area contributed by atoms with Crippen molar-refractivity contribution in [3.8, 4) is 11.5 Å². The summed E-state index contributed by atoms with van der Waals surface area (Å²) >= 11 is 0. The molecule has 0 N–H and O–H groups in total. The van der Waals surface area contributed by atoms with Crippen molar-refractivity contribution in [3.05, 3.63) is 41.3 Å². The van der Waals surface area contributed by atoms with Crippen LogP contribution in [-0.4, -0.2) is 56.4 Å². The van der Waals surface area contributed by atoms with Crippen molar-refractivity contribution in [3.63, 3.8) is 0 Å². The van der Waals surface area contributed by atoms with E-state index in [0.717, 1.165) is 18.4 Å². The Bertz CT molecular complexity index is 1040. The molecule has 0 spiro atoms. The van der Waals surface area contributed by atoms with Crippen LogP contribution in [0.4, 0.5) is 0 Å². The molecule has 1 fully saturated rings. The molecule has 0 bridgehead atoms. The van der Waals surface area contributed by atoms with Gasteiger partial charge in [-0.1, -0.05) is 12.1 Å². The lowest BCUT2D eigenvalue weighted by atomic mass is 10.1. The molecule has 1 aromatic heterocycles. The van der Waals surface area contributed by atoms with Gasteiger partial charge in [0.1, 0.15) is 23.9 Å². The fourth-order valence-electron chi connectivity index (χ4n) is 3.84. The summed E-state index contributed by atoms with van der Waals surface area (Å²) in [5.41, 5.74) is 0.829. The van der Waals surface area contributed by atoms with Crippen molar-refractivity contribution in [2.24, 2.45) is 0 Å². The monoisotopic (exact) mass is 434 g/mol. The second-order valence-electron chi connectivity index (χ2n) is 7.40. The number of aryl methyl sites for hydroxylation is 1. The van der Waals surface area contributed by atoms with E-state index in [1.54, 1.807) is 11.8 Å². The highest BCUT2D eigenvalue weighted by Gasteiger charge is 2.32. The Labute approximate surface area is 176 Å². The van der Waals surface area contributed by atoms with Gasteiger partial charge in [0, 0.05) is 37.8 Å². The van der Waals surface area contributed by atoms with Crippen LogP contribution >= 0.6 is 0 Å². The number of carbonyl (C=O) groups excluding carboxylic acids is 1. The minimum atomic E-state index is -3.65. The van der Waals surface area contributed by atoms with E-state index in [9.17, 15) is 13.2 Å². The standard InChI is InChI=1S/C21H26N2O6S/c1-3-22(14-16-7-6-8-17-20(16)28-12-11-27-17)21(24)18-13-19(15(2)29-18)30(25,26)23-9-4-5-10-23/h6-8,13H,3-5,9-12,14H2,1-2H3. The second kappa shape index (κ2) is 8.31. The molecule has 2 aromatic rings. The molecule has 0 aliphatic carbocycles. The SMILES string of the molecule is CCN(Cc1cccc2c1OCCO2)C(=O)c1cc(S(=O)(=O)N2CCCC2)c(C)o1. The van der Waals surface area contributed by atoms with Gasteiger partial charge in [0.15, 0.2) is 17.3 Å². The molecule has 0 saturated carbocycles. The largest absolute Gasteiger partial charge is 0.486 e. The summed E-state index contributed by atoms with van der Waals surface area (Å²) in [7, 11) is -3.65. The van der Waals surface area contributed by atoms with Gasteiger partial charge in [0.05, 0.1) is 0 Å². The molecule has 0 radical (unpaired) electrons. The van der Waals surface area contributed by atoms with Gasteiger partial charge in [0.25, 0.3) is 5.91 Å². The summed E-state index contributed by atoms with van der Waals surface area (Å²) in [6, 6.07) is 6.94. The van der Waals surface area contributed by atoms with Crippen LogP contribution in [0.25, 0.3) is 0 Å². The lowest BCUT2D eigenvalue weighted by molar-refractivity contribution is 0.0715. The molecular weight excluding hydrogens is 408 g/mol. The van der Waals surface area contributed by atoms with Crippen molar-refractivity contribution in [1.29, 1.82) is 0 Å². The summed E-state index contributed by atoms with van der Waals surface area (Å²) in [4.78, 5) is 14.8. The Hall–Kier alpha value is -2.52. The van der Waals surface area contributed by atoms with Crippen molar-refractivity contribution in [2.45, 2.75) is 38.1 Å². The number of hydrogen-bond donors (Lipinski definition) is 0. The van der Waals surface area contributed by atoms with E-state index < -0.39 is 10.0 Å². The Morgan fingerprint density at radius 3 is 2.63 bits per heavy atom. The molecule has 9 heteroatoms. The molecule has 0 unspecified atom stereocenters. The fraction of sp³-hybridized carbons (Fsp3) is 0.476. The number of rotatable bonds is 6. The lowest BCUT2D eigenvalue weighted by Gasteiger charge is -2.24. The average Bonchev–Trinajstić information content (AvgIpc) is 3.42. The summed E-state index contributed by atoms with van der Waals surface area (Å²) in [5.74, 6) is 1.19. The first-order valence-electron chi connectivity index (χ1n) is 10.2. The quantitative estimate of drug-likeness (QED) is 0.695. The molecule has 3 heterocycles. The van der Waals surface area contributed by atoms with Crippen LogP contribution in [0.5, 0.6) is 11.5 Å². The first-order chi connectivity index (χ1) is 14.4. The number of benzene rings is 1. The van der Waals surface area contributed by atoms with Crippen molar-refractivity contribution < 1.29 is 27.1 Å². The predicted molar refractivity (Wildman–Crippen MR) is 109 cm³/mol. The molecule has 4 rings (SSSR count). The zero-order valence-corrected chi connectivity index (χ0v) is 18.0. The van der Waals surface area contributed by atoms with Gasteiger partial charge in [-0.15, -0.1) is 0 Å². The minimum absolute atomic E-state index is 0.0223. The maximum atomic E-state index is 13.1. The molecule has 2 aliphatic rings. The van der Waals surface area contributed by atoms with Gasteiger partial charge in [-0.3, -0.25) is 4.79 Å². The number of nitrogens with zero attached hydrogens (tertiary/aromatic N) is 2. The average molecular weight is 435 g/mol. The minimum Gasteiger partial charge on any atom is -0.486 e. The molecule has 30 heavy (non-hydrogen) atoms. The van der Waals surface area contributed by atoms with Crippen molar-refractivity contribution in [2.75, 3.05) is 32.8 Å². The Kier molecular flexibility index (Phi) is 5.75. The topological polar surface area (TPSA) is 89.3 Å². The van der Waals surface area contributed by atoms with E-state index in [2.05, 4.69) is 0 Å². The van der Waals surface area contributed by atoms with E-state index in [1.165, 1.54) is 10.4 Å². The van der Waals surface area contributed by atoms with Crippen molar-refractivity contribution >= 4 is 15.9 Å². The van der Waals surface area contributed by atoms with Crippen LogP contribution in [0.1, 0.15) is 41.6 Å². The highest BCUT2D eigenvalue weighted by molar-refractivity contribution is 7.89. The van der Waals surface area contributed by atoms with Crippen LogP contribution in [0.15, 0.2) is 33.6 Å². The molecule has 162 valence electrons. The van der Waals surface area contributed by atoms with E-state index >= 15 is 0 Å². The van der Waals surface area contributed by atoms with Crippen LogP contribution in [0.2, 0.25) is 0 Å². The Morgan fingerprint density at radius 2 is 1.90 bits per heavy atom. The number of hydrogen-bond acceptors (Lipinski definition) is 6. The molecule has 1 amide bonds. The number of sulfonamides is 1. The third-order valence-corrected chi connectivity index (χ3v) is 7.45. The molecular formula is C21H26N2O6S. The lowest BCUT2D eigenvalue weighted by Crippen LogP contribution is -2.31. The predicted octanol–water partition coefficient (Wildman–Crippen LogP) is 2.81. The number of ether oxygens (including phenoxy) is 2. The zero-order chi connectivity index (χ0) is 21.3.